The van der Waals surface area contributed by atoms with E-state index in [0.717, 1.165) is 12.1 Å². The van der Waals surface area contributed by atoms with E-state index in [0.29, 0.717) is 48.7 Å². The Bertz CT molecular complexity index is 1620. The van der Waals surface area contributed by atoms with Gasteiger partial charge in [-0.15, -0.1) is 0 Å². The van der Waals surface area contributed by atoms with E-state index < -0.39 is 61.6 Å². The molecule has 6 nitrogen and oxygen atoms in total. The third-order valence-corrected chi connectivity index (χ3v) is 12.5. The van der Waals surface area contributed by atoms with Crippen LogP contribution in [0.2, 0.25) is 0 Å². The monoisotopic (exact) mass is 771 g/mol. The molecule has 1 amide bonds. The lowest BCUT2D eigenvalue weighted by Gasteiger charge is -2.41. The van der Waals surface area contributed by atoms with E-state index in [1.54, 1.807) is 26.8 Å². The number of amides is 1. The predicted molar refractivity (Wildman–Crippen MR) is 166 cm³/mol. The molecular weight excluding hydrogens is 735 g/mol. The minimum absolute atomic E-state index is 0.0801. The first-order chi connectivity index (χ1) is 21.9. The SMILES string of the molecule is CC[C@]1(C(=O)N2CCC(c3ccc(C(F)(C(F)(F)F)C(F)(F)F)cc3)(S(=O)(=O)c3cccc(Br)c3)C2)CC[C@H](C(=O)OC(C)(C)C)CC1. The van der Waals surface area contributed by atoms with Gasteiger partial charge in [-0.2, -0.15) is 26.3 Å². The summed E-state index contributed by atoms with van der Waals surface area (Å²) >= 11 is 3.22. The van der Waals surface area contributed by atoms with Gasteiger partial charge in [-0.3, -0.25) is 9.59 Å². The molecule has 2 aromatic carbocycles. The quantitative estimate of drug-likeness (QED) is 0.208. The normalized spacial score (nSPS) is 24.4. The number of nitrogens with zero attached hydrogens (tertiary/aromatic N) is 1. The fourth-order valence-electron chi connectivity index (χ4n) is 6.76. The number of rotatable bonds is 7. The molecule has 1 aliphatic carbocycles. The number of ether oxygens (including phenoxy) is 1. The molecule has 1 saturated carbocycles. The zero-order valence-electron chi connectivity index (χ0n) is 26.8. The number of likely N-dealkylation sites (tertiary alicyclic amines) is 1. The van der Waals surface area contributed by atoms with E-state index in [2.05, 4.69) is 15.9 Å². The highest BCUT2D eigenvalue weighted by Gasteiger charge is 2.73. The van der Waals surface area contributed by atoms with Gasteiger partial charge in [0.25, 0.3) is 0 Å². The summed E-state index contributed by atoms with van der Waals surface area (Å²) in [4.78, 5) is 28.1. The van der Waals surface area contributed by atoms with Crippen molar-refractivity contribution in [3.05, 3.63) is 64.1 Å². The van der Waals surface area contributed by atoms with E-state index in [-0.39, 0.29) is 35.3 Å². The maximum atomic E-state index is 14.8. The molecule has 0 aromatic heterocycles. The Kier molecular flexibility index (Phi) is 10.2. The van der Waals surface area contributed by atoms with Crippen LogP contribution in [-0.2, 0) is 34.6 Å². The van der Waals surface area contributed by atoms with Crippen LogP contribution in [-0.4, -0.2) is 56.2 Å². The van der Waals surface area contributed by atoms with Crippen molar-refractivity contribution in [1.29, 1.82) is 0 Å². The van der Waals surface area contributed by atoms with E-state index in [1.165, 1.54) is 23.1 Å². The molecule has 2 fully saturated rings. The molecule has 1 heterocycles. The molecule has 1 unspecified atom stereocenters. The number of benzene rings is 2. The number of sulfone groups is 1. The van der Waals surface area contributed by atoms with Gasteiger partial charge in [0.2, 0.25) is 5.91 Å². The van der Waals surface area contributed by atoms with Crippen molar-refractivity contribution in [3.8, 4) is 0 Å². The molecule has 4 rings (SSSR count). The van der Waals surface area contributed by atoms with Gasteiger partial charge in [-0.25, -0.2) is 12.8 Å². The van der Waals surface area contributed by atoms with Crippen molar-refractivity contribution < 1.29 is 53.5 Å². The van der Waals surface area contributed by atoms with E-state index in [1.807, 2.05) is 6.92 Å². The second-order valence-electron chi connectivity index (χ2n) is 13.6. The molecular formula is C33H37BrF7NO5S. The Hall–Kier alpha value is -2.68. The smallest absolute Gasteiger partial charge is 0.435 e. The van der Waals surface area contributed by atoms with Crippen LogP contribution in [0.3, 0.4) is 0 Å². The second-order valence-corrected chi connectivity index (χ2v) is 16.8. The molecule has 48 heavy (non-hydrogen) atoms. The van der Waals surface area contributed by atoms with E-state index in [9.17, 15) is 48.7 Å². The first-order valence-electron chi connectivity index (χ1n) is 15.4. The van der Waals surface area contributed by atoms with Crippen molar-refractivity contribution in [2.75, 3.05) is 13.1 Å². The Morgan fingerprint density at radius 1 is 0.917 bits per heavy atom. The molecule has 1 atom stereocenters. The minimum atomic E-state index is -6.35. The summed E-state index contributed by atoms with van der Waals surface area (Å²) in [5.41, 5.74) is -9.25. The average Bonchev–Trinajstić information content (AvgIpc) is 3.46. The van der Waals surface area contributed by atoms with E-state index in [4.69, 9.17) is 4.74 Å². The van der Waals surface area contributed by atoms with Crippen LogP contribution in [0, 0.1) is 11.3 Å². The number of halogens is 8. The van der Waals surface area contributed by atoms with Crippen molar-refractivity contribution >= 4 is 37.6 Å². The van der Waals surface area contributed by atoms with Gasteiger partial charge < -0.3 is 9.64 Å². The number of hydrogen-bond donors (Lipinski definition) is 0. The van der Waals surface area contributed by atoms with Crippen LogP contribution in [0.5, 0.6) is 0 Å². The highest BCUT2D eigenvalue weighted by Crippen LogP contribution is 2.54. The third-order valence-electron chi connectivity index (χ3n) is 9.54. The van der Waals surface area contributed by atoms with Gasteiger partial charge in [0.1, 0.15) is 10.3 Å². The van der Waals surface area contributed by atoms with Gasteiger partial charge in [-0.1, -0.05) is 53.2 Å². The summed E-state index contributed by atoms with van der Waals surface area (Å²) in [6, 6.07) is 7.73. The van der Waals surface area contributed by atoms with Crippen molar-refractivity contribution in [2.24, 2.45) is 11.3 Å². The maximum absolute atomic E-state index is 14.8. The highest BCUT2D eigenvalue weighted by molar-refractivity contribution is 9.10. The summed E-state index contributed by atoms with van der Waals surface area (Å²) in [5, 5.41) is 0. The highest BCUT2D eigenvalue weighted by atomic mass is 79.9. The van der Waals surface area contributed by atoms with Gasteiger partial charge in [0, 0.05) is 28.5 Å². The zero-order valence-corrected chi connectivity index (χ0v) is 29.2. The van der Waals surface area contributed by atoms with Crippen molar-refractivity contribution in [3.63, 3.8) is 0 Å². The van der Waals surface area contributed by atoms with Gasteiger partial charge >= 0.3 is 24.0 Å². The van der Waals surface area contributed by atoms with Crippen LogP contribution in [0.1, 0.15) is 77.3 Å². The number of carbonyl (C=O) groups is 2. The maximum Gasteiger partial charge on any atom is 0.435 e. The standard InChI is InChI=1S/C33H37BrF7NO5S/c1-5-29(15-13-21(14-16-29)26(43)47-28(2,3)4)27(44)42-18-17-30(20-42,48(45,46)25-8-6-7-24(34)19-25)22-9-11-23(12-10-22)31(35,32(36,37)38)33(39,40)41/h6-12,19,21H,5,13-18,20H2,1-4H3/t21-,29-,30?. The van der Waals surface area contributed by atoms with Crippen LogP contribution < -0.4 is 0 Å². The molecule has 0 N–H and O–H groups in total. The molecule has 15 heteroatoms. The van der Waals surface area contributed by atoms with Crippen molar-refractivity contribution in [1.82, 2.24) is 4.90 Å². The van der Waals surface area contributed by atoms with Crippen LogP contribution in [0.25, 0.3) is 0 Å². The van der Waals surface area contributed by atoms with Gasteiger partial charge in [-0.05, 0) is 83.1 Å². The fraction of sp³-hybridized carbons (Fsp3) is 0.576. The molecule has 1 saturated heterocycles. The molecule has 0 bridgehead atoms. The van der Waals surface area contributed by atoms with Crippen LogP contribution in [0.4, 0.5) is 30.7 Å². The molecule has 0 radical (unpaired) electrons. The second kappa shape index (κ2) is 12.9. The average molecular weight is 773 g/mol. The third kappa shape index (κ3) is 6.74. The number of carbonyl (C=O) groups excluding carboxylic acids is 2. The predicted octanol–water partition coefficient (Wildman–Crippen LogP) is 8.57. The summed E-state index contributed by atoms with van der Waals surface area (Å²) in [7, 11) is -4.47. The molecule has 2 aromatic rings. The first kappa shape index (κ1) is 38.1. The number of alkyl halides is 7. The zero-order chi connectivity index (χ0) is 36.1. The summed E-state index contributed by atoms with van der Waals surface area (Å²) in [5.74, 6) is -1.13. The summed E-state index contributed by atoms with van der Waals surface area (Å²) in [6.45, 7) is 6.55. The number of esters is 1. The van der Waals surface area contributed by atoms with Crippen LogP contribution >= 0.6 is 15.9 Å². The molecule has 2 aliphatic rings. The van der Waals surface area contributed by atoms with Crippen LogP contribution in [0.15, 0.2) is 57.9 Å². The Balaban J connectivity index is 1.73. The van der Waals surface area contributed by atoms with E-state index >= 15 is 0 Å². The molecule has 1 aliphatic heterocycles. The molecule has 266 valence electrons. The summed E-state index contributed by atoms with van der Waals surface area (Å²) < 4.78 is 128. The minimum Gasteiger partial charge on any atom is -0.460 e. The molecule has 0 spiro atoms. The van der Waals surface area contributed by atoms with Gasteiger partial charge in [0.05, 0.1) is 10.8 Å². The Morgan fingerprint density at radius 3 is 1.96 bits per heavy atom. The Labute approximate surface area is 283 Å². The van der Waals surface area contributed by atoms with Crippen molar-refractivity contribution in [2.45, 2.75) is 99.5 Å². The lowest BCUT2D eigenvalue weighted by molar-refractivity contribution is -0.348. The fourth-order valence-corrected chi connectivity index (χ4v) is 9.44. The van der Waals surface area contributed by atoms with Gasteiger partial charge in [0.15, 0.2) is 9.84 Å². The first-order valence-corrected chi connectivity index (χ1v) is 17.7. The summed E-state index contributed by atoms with van der Waals surface area (Å²) in [6.07, 6.45) is -11.1. The topological polar surface area (TPSA) is 80.8 Å². The largest absolute Gasteiger partial charge is 0.460 e. The lowest BCUT2D eigenvalue weighted by Crippen LogP contribution is -2.50. The lowest BCUT2D eigenvalue weighted by atomic mass is 9.68. The Morgan fingerprint density at radius 2 is 1.48 bits per heavy atom. The number of hydrogen-bond acceptors (Lipinski definition) is 5.